The molecule has 0 amide bonds. The standard InChI is InChI=1S/C16H15N3S/c1-12-7-5-6-10-14(12)19-11-17-15(18-16(19)20)13-8-3-2-4-9-13/h2-10H,11H2,1H3,(H,17,18,20). The predicted octanol–water partition coefficient (Wildman–Crippen LogP) is 3.09. The molecule has 0 bridgehead atoms. The number of nitrogens with zero attached hydrogens (tertiary/aromatic N) is 2. The molecule has 1 N–H and O–H groups in total. The van der Waals surface area contributed by atoms with Crippen LogP contribution in [0.2, 0.25) is 0 Å². The Morgan fingerprint density at radius 1 is 1.05 bits per heavy atom. The quantitative estimate of drug-likeness (QED) is 0.857. The number of hydrogen-bond donors (Lipinski definition) is 1. The minimum Gasteiger partial charge on any atom is -0.317 e. The van der Waals surface area contributed by atoms with Gasteiger partial charge >= 0.3 is 0 Å². The Balaban J connectivity index is 1.88. The van der Waals surface area contributed by atoms with Crippen LogP contribution < -0.4 is 10.2 Å². The minimum atomic E-state index is 0.543. The van der Waals surface area contributed by atoms with Crippen LogP contribution in [0.25, 0.3) is 0 Å². The van der Waals surface area contributed by atoms with Crippen LogP contribution >= 0.6 is 12.2 Å². The molecule has 20 heavy (non-hydrogen) atoms. The van der Waals surface area contributed by atoms with E-state index in [-0.39, 0.29) is 0 Å². The lowest BCUT2D eigenvalue weighted by molar-refractivity contribution is 0.952. The van der Waals surface area contributed by atoms with E-state index in [4.69, 9.17) is 12.2 Å². The SMILES string of the molecule is Cc1ccccc1N1CN=C(c2ccccc2)NC1=S. The van der Waals surface area contributed by atoms with Gasteiger partial charge in [-0.25, -0.2) is 4.99 Å². The zero-order valence-electron chi connectivity index (χ0n) is 11.2. The zero-order chi connectivity index (χ0) is 13.9. The summed E-state index contributed by atoms with van der Waals surface area (Å²) >= 11 is 5.48. The Kier molecular flexibility index (Phi) is 3.48. The number of hydrogen-bond acceptors (Lipinski definition) is 2. The van der Waals surface area contributed by atoms with Crippen molar-refractivity contribution < 1.29 is 0 Å². The summed E-state index contributed by atoms with van der Waals surface area (Å²) in [5.74, 6) is 0.834. The molecule has 0 radical (unpaired) electrons. The van der Waals surface area contributed by atoms with Crippen molar-refractivity contribution in [3.05, 3.63) is 65.7 Å². The van der Waals surface area contributed by atoms with Gasteiger partial charge in [0.25, 0.3) is 0 Å². The third-order valence-electron chi connectivity index (χ3n) is 3.29. The molecule has 0 atom stereocenters. The van der Waals surface area contributed by atoms with E-state index < -0.39 is 0 Å². The van der Waals surface area contributed by atoms with E-state index >= 15 is 0 Å². The van der Waals surface area contributed by atoms with E-state index in [1.165, 1.54) is 5.56 Å². The number of amidine groups is 1. The predicted molar refractivity (Wildman–Crippen MR) is 87.2 cm³/mol. The van der Waals surface area contributed by atoms with E-state index in [0.717, 1.165) is 17.1 Å². The normalized spacial score (nSPS) is 14.8. The first-order chi connectivity index (χ1) is 9.75. The Hall–Kier alpha value is -2.20. The highest BCUT2D eigenvalue weighted by Gasteiger charge is 2.20. The van der Waals surface area contributed by atoms with Crippen molar-refractivity contribution in [2.24, 2.45) is 4.99 Å². The molecule has 1 aliphatic rings. The monoisotopic (exact) mass is 281 g/mol. The van der Waals surface area contributed by atoms with Crippen LogP contribution in [0.4, 0.5) is 5.69 Å². The van der Waals surface area contributed by atoms with E-state index in [9.17, 15) is 0 Å². The molecular weight excluding hydrogens is 266 g/mol. The lowest BCUT2D eigenvalue weighted by atomic mass is 10.2. The number of para-hydroxylation sites is 1. The summed E-state index contributed by atoms with van der Waals surface area (Å²) in [7, 11) is 0. The summed E-state index contributed by atoms with van der Waals surface area (Å²) in [6, 6.07) is 18.2. The number of benzene rings is 2. The lowest BCUT2D eigenvalue weighted by Gasteiger charge is -2.30. The van der Waals surface area contributed by atoms with Crippen molar-refractivity contribution in [2.75, 3.05) is 11.6 Å². The van der Waals surface area contributed by atoms with Crippen LogP contribution in [-0.2, 0) is 0 Å². The number of aliphatic imine (C=N–C) groups is 1. The summed E-state index contributed by atoms with van der Waals surface area (Å²) in [5.41, 5.74) is 3.34. The van der Waals surface area contributed by atoms with Gasteiger partial charge in [0.15, 0.2) is 5.11 Å². The molecule has 3 rings (SSSR count). The molecular formula is C16H15N3S. The van der Waals surface area contributed by atoms with Gasteiger partial charge in [-0.05, 0) is 30.8 Å². The van der Waals surface area contributed by atoms with Crippen molar-refractivity contribution in [1.82, 2.24) is 5.32 Å². The fraction of sp³-hybridized carbons (Fsp3) is 0.125. The maximum absolute atomic E-state index is 5.48. The van der Waals surface area contributed by atoms with Crippen LogP contribution in [0.1, 0.15) is 11.1 Å². The van der Waals surface area contributed by atoms with Crippen LogP contribution in [0.15, 0.2) is 59.6 Å². The van der Waals surface area contributed by atoms with Gasteiger partial charge in [0.1, 0.15) is 12.5 Å². The minimum absolute atomic E-state index is 0.543. The summed E-state index contributed by atoms with van der Waals surface area (Å²) in [6.07, 6.45) is 0. The van der Waals surface area contributed by atoms with Gasteiger partial charge in [-0.1, -0.05) is 48.5 Å². The first kappa shape index (κ1) is 12.8. The lowest BCUT2D eigenvalue weighted by Crippen LogP contribution is -2.48. The molecule has 1 aliphatic heterocycles. The van der Waals surface area contributed by atoms with Gasteiger partial charge in [0.05, 0.1) is 0 Å². The van der Waals surface area contributed by atoms with Crippen molar-refractivity contribution in [2.45, 2.75) is 6.92 Å². The Bertz CT molecular complexity index is 664. The highest BCUT2D eigenvalue weighted by molar-refractivity contribution is 7.80. The molecule has 0 saturated carbocycles. The molecule has 2 aromatic rings. The number of anilines is 1. The molecule has 2 aromatic carbocycles. The molecule has 0 aliphatic carbocycles. The second-order valence-electron chi connectivity index (χ2n) is 4.66. The number of aryl methyl sites for hydroxylation is 1. The van der Waals surface area contributed by atoms with E-state index in [0.29, 0.717) is 11.8 Å². The second-order valence-corrected chi connectivity index (χ2v) is 5.05. The van der Waals surface area contributed by atoms with Gasteiger partial charge in [-0.15, -0.1) is 0 Å². The average Bonchev–Trinajstić information content (AvgIpc) is 2.49. The van der Waals surface area contributed by atoms with Gasteiger partial charge in [-0.2, -0.15) is 0 Å². The third kappa shape index (κ3) is 2.42. The molecule has 3 nitrogen and oxygen atoms in total. The largest absolute Gasteiger partial charge is 0.317 e. The van der Waals surface area contributed by atoms with Crippen LogP contribution in [0, 0.1) is 6.92 Å². The van der Waals surface area contributed by atoms with Crippen LogP contribution in [-0.4, -0.2) is 17.6 Å². The van der Waals surface area contributed by atoms with E-state index in [1.54, 1.807) is 0 Å². The summed E-state index contributed by atoms with van der Waals surface area (Å²) in [6.45, 7) is 2.62. The fourth-order valence-corrected chi connectivity index (χ4v) is 2.48. The van der Waals surface area contributed by atoms with Crippen LogP contribution in [0.5, 0.6) is 0 Å². The maximum atomic E-state index is 5.48. The van der Waals surface area contributed by atoms with Crippen molar-refractivity contribution >= 4 is 28.9 Å². The number of nitrogens with one attached hydrogen (secondary N) is 1. The summed E-state index contributed by atoms with van der Waals surface area (Å²) < 4.78 is 0. The number of rotatable bonds is 2. The molecule has 0 saturated heterocycles. The smallest absolute Gasteiger partial charge is 0.180 e. The van der Waals surface area contributed by atoms with E-state index in [1.807, 2.05) is 47.4 Å². The molecule has 0 unspecified atom stereocenters. The Morgan fingerprint density at radius 2 is 1.75 bits per heavy atom. The topological polar surface area (TPSA) is 27.6 Å². The maximum Gasteiger partial charge on any atom is 0.180 e. The van der Waals surface area contributed by atoms with Gasteiger partial charge in [0.2, 0.25) is 0 Å². The van der Waals surface area contributed by atoms with Gasteiger partial charge in [-0.3, -0.25) is 4.90 Å². The zero-order valence-corrected chi connectivity index (χ0v) is 12.0. The second kappa shape index (κ2) is 5.43. The third-order valence-corrected chi connectivity index (χ3v) is 3.62. The molecule has 0 fully saturated rings. The summed E-state index contributed by atoms with van der Waals surface area (Å²) in [4.78, 5) is 6.60. The average molecular weight is 281 g/mol. The van der Waals surface area contributed by atoms with Crippen LogP contribution in [0.3, 0.4) is 0 Å². The Morgan fingerprint density at radius 3 is 2.45 bits per heavy atom. The molecule has 1 heterocycles. The van der Waals surface area contributed by atoms with E-state index in [2.05, 4.69) is 29.4 Å². The highest BCUT2D eigenvalue weighted by Crippen LogP contribution is 2.21. The highest BCUT2D eigenvalue weighted by atomic mass is 32.1. The van der Waals surface area contributed by atoms with Crippen molar-refractivity contribution in [3.63, 3.8) is 0 Å². The first-order valence-corrected chi connectivity index (χ1v) is 6.90. The number of thiocarbonyl (C=S) groups is 1. The van der Waals surface area contributed by atoms with Gasteiger partial charge in [0, 0.05) is 11.3 Å². The first-order valence-electron chi connectivity index (χ1n) is 6.50. The van der Waals surface area contributed by atoms with Gasteiger partial charge < -0.3 is 5.32 Å². The molecule has 100 valence electrons. The molecule has 0 spiro atoms. The summed E-state index contributed by atoms with van der Waals surface area (Å²) in [5, 5.41) is 3.90. The van der Waals surface area contributed by atoms with Crippen molar-refractivity contribution in [1.29, 1.82) is 0 Å². The Labute approximate surface area is 124 Å². The van der Waals surface area contributed by atoms with Crippen molar-refractivity contribution in [3.8, 4) is 0 Å². The molecule has 4 heteroatoms. The fourth-order valence-electron chi connectivity index (χ4n) is 2.23. The molecule has 0 aromatic heterocycles.